The van der Waals surface area contributed by atoms with Gasteiger partial charge in [-0.05, 0) is 68.8 Å². The highest BCUT2D eigenvalue weighted by Crippen LogP contribution is 2.18. The minimum absolute atomic E-state index is 0.0759. The molecule has 208 valence electrons. The lowest BCUT2D eigenvalue weighted by atomic mass is 10.1. The predicted octanol–water partition coefficient (Wildman–Crippen LogP) is 3.33. The molecule has 0 aliphatic heterocycles. The van der Waals surface area contributed by atoms with Crippen LogP contribution in [0.2, 0.25) is 0 Å². The smallest absolute Gasteiger partial charge is 0.343 e. The quantitative estimate of drug-likeness (QED) is 0.0794. The van der Waals surface area contributed by atoms with E-state index in [-0.39, 0.29) is 37.9 Å². The number of thioether (sulfide) groups is 1. The molecule has 0 unspecified atom stereocenters. The molecule has 0 fully saturated rings. The van der Waals surface area contributed by atoms with Crippen LogP contribution < -0.4 is 15.8 Å². The lowest BCUT2D eigenvalue weighted by Gasteiger charge is -2.14. The van der Waals surface area contributed by atoms with E-state index in [4.69, 9.17) is 25.4 Å². The third-order valence-electron chi connectivity index (χ3n) is 5.18. The second-order valence-electron chi connectivity index (χ2n) is 8.15. The van der Waals surface area contributed by atoms with E-state index in [2.05, 4.69) is 5.32 Å². The summed E-state index contributed by atoms with van der Waals surface area (Å²) >= 11 is 1.22. The minimum atomic E-state index is -0.706. The summed E-state index contributed by atoms with van der Waals surface area (Å²) in [5, 5.41) is 9.48. The SMILES string of the molecule is CCOC(=O)C[C@H](SCCNC(=O)C(C)=Cc1ccc(C(=O)Oc2ccc(C(=N)N)cc2)cc1)C(=O)OCC. The van der Waals surface area contributed by atoms with Crippen molar-refractivity contribution >= 4 is 47.5 Å². The highest BCUT2D eigenvalue weighted by molar-refractivity contribution is 8.00. The molecule has 1 atom stereocenters. The van der Waals surface area contributed by atoms with Crippen molar-refractivity contribution in [2.75, 3.05) is 25.5 Å². The van der Waals surface area contributed by atoms with Gasteiger partial charge >= 0.3 is 17.9 Å². The Morgan fingerprint density at radius 1 is 0.974 bits per heavy atom. The Labute approximate surface area is 231 Å². The number of ether oxygens (including phenoxy) is 3. The van der Waals surface area contributed by atoms with Gasteiger partial charge in [0.1, 0.15) is 16.8 Å². The molecule has 1 amide bonds. The molecule has 4 N–H and O–H groups in total. The second kappa shape index (κ2) is 16.0. The number of amides is 1. The average molecular weight is 556 g/mol. The van der Waals surface area contributed by atoms with E-state index >= 15 is 0 Å². The third kappa shape index (κ3) is 10.6. The zero-order valence-electron chi connectivity index (χ0n) is 22.2. The fourth-order valence-electron chi connectivity index (χ4n) is 3.22. The first-order valence-corrected chi connectivity index (χ1v) is 13.4. The van der Waals surface area contributed by atoms with Gasteiger partial charge in [-0.1, -0.05) is 12.1 Å². The van der Waals surface area contributed by atoms with Gasteiger partial charge in [0, 0.05) is 23.4 Å². The number of hydrogen-bond acceptors (Lipinski definition) is 9. The monoisotopic (exact) mass is 555 g/mol. The lowest BCUT2D eigenvalue weighted by molar-refractivity contribution is -0.149. The van der Waals surface area contributed by atoms with Crippen LogP contribution >= 0.6 is 11.8 Å². The maximum atomic E-state index is 12.5. The fourth-order valence-corrected chi connectivity index (χ4v) is 4.18. The van der Waals surface area contributed by atoms with Crippen LogP contribution in [0.4, 0.5) is 0 Å². The van der Waals surface area contributed by atoms with E-state index in [9.17, 15) is 19.2 Å². The first-order chi connectivity index (χ1) is 18.6. The number of benzene rings is 2. The van der Waals surface area contributed by atoms with Crippen LogP contribution in [-0.4, -0.2) is 60.4 Å². The highest BCUT2D eigenvalue weighted by atomic mass is 32.2. The Bertz CT molecular complexity index is 1190. The molecule has 39 heavy (non-hydrogen) atoms. The number of nitrogens with two attached hydrogens (primary N) is 1. The van der Waals surface area contributed by atoms with Crippen molar-refractivity contribution in [3.05, 3.63) is 70.8 Å². The Kier molecular flexibility index (Phi) is 12.7. The molecule has 0 spiro atoms. The molecule has 0 saturated heterocycles. The van der Waals surface area contributed by atoms with Gasteiger partial charge in [-0.3, -0.25) is 19.8 Å². The highest BCUT2D eigenvalue weighted by Gasteiger charge is 2.24. The molecule has 0 aromatic heterocycles. The van der Waals surface area contributed by atoms with Crippen molar-refractivity contribution in [2.24, 2.45) is 5.73 Å². The normalized spacial score (nSPS) is 11.7. The molecule has 2 rings (SSSR count). The standard InChI is InChI=1S/C28H33N3O7S/c1-4-36-24(32)17-23(28(35)37-5-2)39-15-14-31-26(33)18(3)16-19-6-8-21(9-7-19)27(34)38-22-12-10-20(11-13-22)25(29)30/h6-13,16,23H,4-5,14-15,17H2,1-3H3,(H3,29,30)(H,31,33)/t23-/m0/s1. The van der Waals surface area contributed by atoms with Crippen LogP contribution in [0, 0.1) is 5.41 Å². The van der Waals surface area contributed by atoms with Crippen LogP contribution in [0.1, 0.15) is 48.7 Å². The summed E-state index contributed by atoms with van der Waals surface area (Å²) in [6.45, 7) is 5.76. The van der Waals surface area contributed by atoms with Gasteiger partial charge in [0.25, 0.3) is 0 Å². The molecule has 0 aliphatic carbocycles. The first kappa shape index (κ1) is 31.1. The molecule has 11 heteroatoms. The molecule has 10 nitrogen and oxygen atoms in total. The van der Waals surface area contributed by atoms with E-state index < -0.39 is 23.2 Å². The summed E-state index contributed by atoms with van der Waals surface area (Å²) in [6.07, 6.45) is 1.58. The van der Waals surface area contributed by atoms with Crippen LogP contribution in [0.3, 0.4) is 0 Å². The van der Waals surface area contributed by atoms with Crippen molar-refractivity contribution in [1.82, 2.24) is 5.32 Å². The van der Waals surface area contributed by atoms with E-state index in [1.807, 2.05) is 0 Å². The minimum Gasteiger partial charge on any atom is -0.466 e. The van der Waals surface area contributed by atoms with Gasteiger partial charge < -0.3 is 25.3 Å². The predicted molar refractivity (Wildman–Crippen MR) is 150 cm³/mol. The topological polar surface area (TPSA) is 158 Å². The van der Waals surface area contributed by atoms with Crippen LogP contribution in [0.5, 0.6) is 5.75 Å². The first-order valence-electron chi connectivity index (χ1n) is 12.3. The van der Waals surface area contributed by atoms with Gasteiger partial charge in [0.05, 0.1) is 25.2 Å². The Morgan fingerprint density at radius 2 is 1.59 bits per heavy atom. The maximum absolute atomic E-state index is 12.5. The van der Waals surface area contributed by atoms with Gasteiger partial charge in [0.15, 0.2) is 0 Å². The number of esters is 3. The molecular weight excluding hydrogens is 522 g/mol. The molecule has 0 radical (unpaired) electrons. The molecule has 2 aromatic carbocycles. The van der Waals surface area contributed by atoms with E-state index in [0.29, 0.717) is 28.2 Å². The Hall–Kier alpha value is -4.12. The van der Waals surface area contributed by atoms with Crippen molar-refractivity contribution in [2.45, 2.75) is 32.4 Å². The summed E-state index contributed by atoms with van der Waals surface area (Å²) < 4.78 is 15.3. The summed E-state index contributed by atoms with van der Waals surface area (Å²) in [5.41, 5.74) is 7.45. The van der Waals surface area contributed by atoms with Crippen LogP contribution in [0.15, 0.2) is 54.1 Å². The van der Waals surface area contributed by atoms with Crippen LogP contribution in [0.25, 0.3) is 6.08 Å². The fraction of sp³-hybridized carbons (Fsp3) is 0.321. The number of rotatable bonds is 14. The number of amidine groups is 1. The summed E-state index contributed by atoms with van der Waals surface area (Å²) in [7, 11) is 0. The number of nitrogens with one attached hydrogen (secondary N) is 2. The van der Waals surface area contributed by atoms with Gasteiger partial charge in [-0.25, -0.2) is 4.79 Å². The van der Waals surface area contributed by atoms with Gasteiger partial charge in [-0.15, -0.1) is 11.8 Å². The van der Waals surface area contributed by atoms with Gasteiger partial charge in [-0.2, -0.15) is 0 Å². The number of hydrogen-bond donors (Lipinski definition) is 3. The molecule has 0 heterocycles. The second-order valence-corrected chi connectivity index (χ2v) is 9.46. The Morgan fingerprint density at radius 3 is 2.18 bits per heavy atom. The Balaban J connectivity index is 1.87. The third-order valence-corrected chi connectivity index (χ3v) is 6.38. The van der Waals surface area contributed by atoms with E-state index in [1.165, 1.54) is 11.8 Å². The largest absolute Gasteiger partial charge is 0.466 e. The zero-order valence-corrected chi connectivity index (χ0v) is 23.0. The number of carbonyl (C=O) groups excluding carboxylic acids is 4. The van der Waals surface area contributed by atoms with E-state index in [1.54, 1.807) is 75.4 Å². The maximum Gasteiger partial charge on any atom is 0.343 e. The molecule has 0 aliphatic rings. The summed E-state index contributed by atoms with van der Waals surface area (Å²) in [4.78, 5) is 48.8. The number of carbonyl (C=O) groups is 4. The lowest BCUT2D eigenvalue weighted by Crippen LogP contribution is -2.29. The van der Waals surface area contributed by atoms with E-state index in [0.717, 1.165) is 5.56 Å². The zero-order chi connectivity index (χ0) is 28.8. The molecule has 0 bridgehead atoms. The van der Waals surface area contributed by atoms with Crippen molar-refractivity contribution in [3.8, 4) is 5.75 Å². The summed E-state index contributed by atoms with van der Waals surface area (Å²) in [5.74, 6) is -1.15. The average Bonchev–Trinajstić information content (AvgIpc) is 2.91. The summed E-state index contributed by atoms with van der Waals surface area (Å²) in [6, 6.07) is 12.9. The molecule has 2 aromatic rings. The van der Waals surface area contributed by atoms with Crippen molar-refractivity contribution in [3.63, 3.8) is 0 Å². The molecule has 0 saturated carbocycles. The molecular formula is C28H33N3O7S. The van der Waals surface area contributed by atoms with Crippen LogP contribution in [-0.2, 0) is 23.9 Å². The number of nitrogen functional groups attached to an aromatic ring is 1. The van der Waals surface area contributed by atoms with Crippen molar-refractivity contribution < 1.29 is 33.4 Å². The van der Waals surface area contributed by atoms with Gasteiger partial charge in [0.2, 0.25) is 5.91 Å². The van der Waals surface area contributed by atoms with Crippen molar-refractivity contribution in [1.29, 1.82) is 5.41 Å².